The lowest BCUT2D eigenvalue weighted by molar-refractivity contribution is -0.131. The Bertz CT molecular complexity index is 1400. The minimum atomic E-state index is -0.240. The van der Waals surface area contributed by atoms with Crippen molar-refractivity contribution < 1.29 is 14.1 Å². The molecule has 0 atom stereocenters. The third kappa shape index (κ3) is 4.79. The summed E-state index contributed by atoms with van der Waals surface area (Å²) >= 11 is 2.11. The van der Waals surface area contributed by atoms with Crippen molar-refractivity contribution >= 4 is 45.3 Å². The predicted molar refractivity (Wildman–Crippen MR) is 139 cm³/mol. The number of likely N-dealkylation sites (tertiary alicyclic amines) is 1. The second kappa shape index (κ2) is 9.76. The van der Waals surface area contributed by atoms with Crippen LogP contribution in [0.4, 0.5) is 0 Å². The number of carbonyl (C=O) groups is 2. The Balaban J connectivity index is 1.17. The average molecular weight is 584 g/mol. The number of carbonyl (C=O) groups excluding carboxylic acids is 2. The summed E-state index contributed by atoms with van der Waals surface area (Å²) in [4.78, 5) is 31.5. The maximum Gasteiger partial charge on any atom is 0.252 e. The van der Waals surface area contributed by atoms with Gasteiger partial charge in [-0.05, 0) is 60.6 Å². The van der Waals surface area contributed by atoms with Crippen LogP contribution in [0, 0.1) is 10.5 Å². The van der Waals surface area contributed by atoms with Gasteiger partial charge in [-0.15, -0.1) is 0 Å². The molecule has 5 rings (SSSR count). The molecule has 0 unspecified atom stereocenters. The summed E-state index contributed by atoms with van der Waals surface area (Å²) in [5.41, 5.74) is 3.46. The fourth-order valence-corrected chi connectivity index (χ4v) is 5.11. The van der Waals surface area contributed by atoms with Gasteiger partial charge in [-0.1, -0.05) is 29.4 Å². The fourth-order valence-electron chi connectivity index (χ4n) is 4.48. The van der Waals surface area contributed by atoms with Crippen molar-refractivity contribution in [3.05, 3.63) is 63.2 Å². The number of nitrogens with zero attached hydrogens (tertiary/aromatic N) is 5. The number of rotatable bonds is 5. The van der Waals surface area contributed by atoms with Gasteiger partial charge < -0.3 is 14.7 Å². The van der Waals surface area contributed by atoms with Crippen LogP contribution in [-0.4, -0.2) is 56.3 Å². The number of fused-ring (bicyclic) bond motifs is 1. The van der Waals surface area contributed by atoms with Crippen molar-refractivity contribution in [2.45, 2.75) is 25.7 Å². The first-order valence-corrected chi connectivity index (χ1v) is 12.6. The van der Waals surface area contributed by atoms with Gasteiger partial charge in [0.05, 0.1) is 23.3 Å². The van der Waals surface area contributed by atoms with Gasteiger partial charge in [0.1, 0.15) is 0 Å². The molecule has 0 spiro atoms. The Kier molecular flexibility index (Phi) is 6.54. The smallest absolute Gasteiger partial charge is 0.252 e. The van der Waals surface area contributed by atoms with Crippen LogP contribution in [-0.2, 0) is 11.8 Å². The van der Waals surface area contributed by atoms with Gasteiger partial charge in [0.15, 0.2) is 0 Å². The molecule has 180 valence electrons. The molecule has 3 heterocycles. The van der Waals surface area contributed by atoms with Crippen molar-refractivity contribution in [2.24, 2.45) is 7.05 Å². The maximum absolute atomic E-state index is 12.6. The highest BCUT2D eigenvalue weighted by molar-refractivity contribution is 14.1. The molecule has 1 fully saturated rings. The van der Waals surface area contributed by atoms with E-state index in [1.165, 1.54) is 0 Å². The van der Waals surface area contributed by atoms with E-state index >= 15 is 0 Å². The van der Waals surface area contributed by atoms with Crippen molar-refractivity contribution in [3.8, 4) is 11.4 Å². The highest BCUT2D eigenvalue weighted by atomic mass is 127. The molecule has 0 saturated carbocycles. The molecule has 1 saturated heterocycles. The number of piperidine rings is 1. The van der Waals surface area contributed by atoms with Crippen molar-refractivity contribution in [1.29, 1.82) is 0 Å². The van der Waals surface area contributed by atoms with Gasteiger partial charge in [0, 0.05) is 40.6 Å². The molecule has 10 heteroatoms. The van der Waals surface area contributed by atoms with E-state index in [2.05, 4.69) is 43.1 Å². The number of amides is 2. The van der Waals surface area contributed by atoms with E-state index in [0.29, 0.717) is 30.4 Å². The number of halogens is 1. The third-order valence-electron chi connectivity index (χ3n) is 6.45. The SMILES string of the molecule is Cc1nn(C)c2cc(-c3noc(C4CCN(C(=O)CNC(=O)c5ccccc5I)CC4)n3)ccc12. The molecule has 2 aromatic carbocycles. The summed E-state index contributed by atoms with van der Waals surface area (Å²) in [5.74, 6) is 0.922. The number of nitrogens with one attached hydrogen (secondary N) is 1. The van der Waals surface area contributed by atoms with Crippen LogP contribution in [0.3, 0.4) is 0 Å². The average Bonchev–Trinajstić information content (AvgIpc) is 3.47. The molecule has 35 heavy (non-hydrogen) atoms. The molecule has 1 aliphatic heterocycles. The van der Waals surface area contributed by atoms with E-state index in [0.717, 1.165) is 38.6 Å². The van der Waals surface area contributed by atoms with Gasteiger partial charge in [-0.25, -0.2) is 0 Å². The van der Waals surface area contributed by atoms with Crippen LogP contribution in [0.5, 0.6) is 0 Å². The van der Waals surface area contributed by atoms with Crippen molar-refractivity contribution in [2.75, 3.05) is 19.6 Å². The first kappa shape index (κ1) is 23.5. The highest BCUT2D eigenvalue weighted by Gasteiger charge is 2.28. The summed E-state index contributed by atoms with van der Waals surface area (Å²) in [6.45, 7) is 3.14. The third-order valence-corrected chi connectivity index (χ3v) is 7.39. The zero-order chi connectivity index (χ0) is 24.5. The van der Waals surface area contributed by atoms with Gasteiger partial charge in [0.25, 0.3) is 5.91 Å². The Morgan fingerprint density at radius 2 is 1.94 bits per heavy atom. The standard InChI is InChI=1S/C25H25IN6O3/c1-15-18-8-7-17(13-21(18)31(2)29-15)23-28-25(35-30-23)16-9-11-32(12-10-16)22(33)14-27-24(34)19-5-3-4-6-20(19)26/h3-8,13,16H,9-12,14H2,1-2H3,(H,27,34). The van der Waals surface area contributed by atoms with E-state index < -0.39 is 0 Å². The minimum Gasteiger partial charge on any atom is -0.343 e. The number of hydrogen-bond acceptors (Lipinski definition) is 6. The summed E-state index contributed by atoms with van der Waals surface area (Å²) in [7, 11) is 1.92. The Morgan fingerprint density at radius 1 is 1.17 bits per heavy atom. The molecule has 9 nitrogen and oxygen atoms in total. The van der Waals surface area contributed by atoms with Crippen LogP contribution in [0.1, 0.15) is 40.7 Å². The lowest BCUT2D eigenvalue weighted by Gasteiger charge is -2.30. The second-order valence-corrected chi connectivity index (χ2v) is 9.88. The zero-order valence-corrected chi connectivity index (χ0v) is 21.7. The molecule has 1 aliphatic rings. The maximum atomic E-state index is 12.6. The van der Waals surface area contributed by atoms with E-state index in [1.54, 1.807) is 11.0 Å². The van der Waals surface area contributed by atoms with Crippen molar-refractivity contribution in [1.82, 2.24) is 30.1 Å². The van der Waals surface area contributed by atoms with Crippen LogP contribution in [0.25, 0.3) is 22.3 Å². The van der Waals surface area contributed by atoms with Gasteiger partial charge >= 0.3 is 0 Å². The first-order valence-electron chi connectivity index (χ1n) is 11.5. The molecule has 2 aromatic heterocycles. The lowest BCUT2D eigenvalue weighted by Crippen LogP contribution is -2.43. The lowest BCUT2D eigenvalue weighted by atomic mass is 9.96. The minimum absolute atomic E-state index is 0.0187. The number of aromatic nitrogens is 4. The topological polar surface area (TPSA) is 106 Å². The number of aryl methyl sites for hydroxylation is 2. The summed E-state index contributed by atoms with van der Waals surface area (Å²) < 4.78 is 8.30. The van der Waals surface area contributed by atoms with Crippen LogP contribution < -0.4 is 5.32 Å². The molecule has 0 aliphatic carbocycles. The Morgan fingerprint density at radius 3 is 2.71 bits per heavy atom. The monoisotopic (exact) mass is 584 g/mol. The summed E-state index contributed by atoms with van der Waals surface area (Å²) in [6.07, 6.45) is 1.47. The molecule has 0 bridgehead atoms. The first-order chi connectivity index (χ1) is 16.9. The Hall–Kier alpha value is -3.28. The van der Waals surface area contributed by atoms with Gasteiger partial charge in [-0.3, -0.25) is 14.3 Å². The zero-order valence-electron chi connectivity index (χ0n) is 19.5. The van der Waals surface area contributed by atoms with Gasteiger partial charge in [-0.2, -0.15) is 10.1 Å². The highest BCUT2D eigenvalue weighted by Crippen LogP contribution is 2.30. The Labute approximate surface area is 216 Å². The normalized spacial score (nSPS) is 14.4. The van der Waals surface area contributed by atoms with E-state index in [9.17, 15) is 9.59 Å². The molecule has 2 amide bonds. The summed E-state index contributed by atoms with van der Waals surface area (Å²) in [6, 6.07) is 13.3. The van der Waals surface area contributed by atoms with E-state index in [4.69, 9.17) is 4.52 Å². The van der Waals surface area contributed by atoms with Crippen LogP contribution in [0.15, 0.2) is 47.0 Å². The van der Waals surface area contributed by atoms with Crippen LogP contribution >= 0.6 is 22.6 Å². The quantitative estimate of drug-likeness (QED) is 0.359. The number of hydrogen-bond donors (Lipinski definition) is 1. The largest absolute Gasteiger partial charge is 0.343 e. The van der Waals surface area contributed by atoms with Crippen LogP contribution in [0.2, 0.25) is 0 Å². The van der Waals surface area contributed by atoms with E-state index in [1.807, 2.05) is 55.1 Å². The molecular weight excluding hydrogens is 559 g/mol. The van der Waals surface area contributed by atoms with Crippen molar-refractivity contribution in [3.63, 3.8) is 0 Å². The molecule has 0 radical (unpaired) electrons. The fraction of sp³-hybridized carbons (Fsp3) is 0.320. The molecular formula is C25H25IN6O3. The summed E-state index contributed by atoms with van der Waals surface area (Å²) in [5, 5.41) is 12.5. The second-order valence-electron chi connectivity index (χ2n) is 8.71. The predicted octanol–water partition coefficient (Wildman–Crippen LogP) is 3.67. The van der Waals surface area contributed by atoms with E-state index in [-0.39, 0.29) is 24.3 Å². The van der Waals surface area contributed by atoms with Gasteiger partial charge in [0.2, 0.25) is 17.6 Å². The number of benzene rings is 2. The molecule has 4 aromatic rings. The molecule has 1 N–H and O–H groups in total.